The average Bonchev–Trinajstić information content (AvgIpc) is 2.22. The van der Waals surface area contributed by atoms with Crippen molar-refractivity contribution in [1.82, 2.24) is 4.72 Å². The van der Waals surface area contributed by atoms with Crippen LogP contribution in [0, 0.1) is 0 Å². The van der Waals surface area contributed by atoms with E-state index in [9.17, 15) is 8.42 Å². The maximum Gasteiger partial charge on any atom is 0.299 e. The Morgan fingerprint density at radius 3 is 2.76 bits per heavy atom. The van der Waals surface area contributed by atoms with Crippen LogP contribution in [-0.2, 0) is 14.9 Å². The van der Waals surface area contributed by atoms with E-state index in [4.69, 9.17) is 10.5 Å². The summed E-state index contributed by atoms with van der Waals surface area (Å²) >= 11 is 3.22. The number of nitrogens with one attached hydrogen (secondary N) is 2. The summed E-state index contributed by atoms with van der Waals surface area (Å²) in [6.07, 6.45) is 0. The van der Waals surface area contributed by atoms with Gasteiger partial charge in [-0.15, -0.1) is 0 Å². The summed E-state index contributed by atoms with van der Waals surface area (Å²) in [7, 11) is -2.09. The van der Waals surface area contributed by atoms with Crippen LogP contribution in [-0.4, -0.2) is 28.7 Å². The van der Waals surface area contributed by atoms with Gasteiger partial charge in [-0.3, -0.25) is 4.72 Å². The quantitative estimate of drug-likeness (QED) is 0.536. The Balaban J connectivity index is 2.69. The molecule has 8 heteroatoms. The van der Waals surface area contributed by atoms with Crippen molar-refractivity contribution >= 4 is 37.5 Å². The Kier molecular flexibility index (Phi) is 5.19. The van der Waals surface area contributed by atoms with E-state index in [0.717, 1.165) is 0 Å². The summed E-state index contributed by atoms with van der Waals surface area (Å²) < 4.78 is 33.2. The van der Waals surface area contributed by atoms with Gasteiger partial charge >= 0.3 is 0 Å². The van der Waals surface area contributed by atoms with Gasteiger partial charge in [-0.25, -0.2) is 0 Å². The highest BCUT2D eigenvalue weighted by Crippen LogP contribution is 2.25. The average molecular weight is 324 g/mol. The Morgan fingerprint density at radius 2 is 2.18 bits per heavy atom. The summed E-state index contributed by atoms with van der Waals surface area (Å²) in [5.74, 6) is 0. The largest absolute Gasteiger partial charge is 0.399 e. The molecule has 6 nitrogen and oxygen atoms in total. The highest BCUT2D eigenvalue weighted by Gasteiger charge is 2.10. The fourth-order valence-electron chi connectivity index (χ4n) is 1.07. The minimum absolute atomic E-state index is 0.207. The molecule has 17 heavy (non-hydrogen) atoms. The van der Waals surface area contributed by atoms with Gasteiger partial charge in [0.05, 0.1) is 12.3 Å². The SMILES string of the molecule is COCCNS(=O)(=O)Nc1ccc(N)cc1Br. The van der Waals surface area contributed by atoms with E-state index >= 15 is 0 Å². The van der Waals surface area contributed by atoms with Crippen LogP contribution in [0.15, 0.2) is 22.7 Å². The first-order valence-corrected chi connectivity index (χ1v) is 7.03. The molecule has 0 aliphatic rings. The topological polar surface area (TPSA) is 93.4 Å². The Morgan fingerprint density at radius 1 is 1.47 bits per heavy atom. The number of methoxy groups -OCH3 is 1. The van der Waals surface area contributed by atoms with Crippen LogP contribution < -0.4 is 15.2 Å². The molecule has 0 unspecified atom stereocenters. The molecule has 0 saturated carbocycles. The van der Waals surface area contributed by atoms with Crippen LogP contribution >= 0.6 is 15.9 Å². The summed E-state index contributed by atoms with van der Waals surface area (Å²) in [5.41, 5.74) is 6.52. The molecule has 0 saturated heterocycles. The number of ether oxygens (including phenoxy) is 1. The lowest BCUT2D eigenvalue weighted by atomic mass is 10.3. The summed E-state index contributed by atoms with van der Waals surface area (Å²) in [6.45, 7) is 0.516. The number of halogens is 1. The monoisotopic (exact) mass is 323 g/mol. The van der Waals surface area contributed by atoms with Gasteiger partial charge < -0.3 is 10.5 Å². The highest BCUT2D eigenvalue weighted by molar-refractivity contribution is 9.10. The van der Waals surface area contributed by atoms with Crippen molar-refractivity contribution in [2.75, 3.05) is 30.7 Å². The van der Waals surface area contributed by atoms with Crippen LogP contribution in [0.4, 0.5) is 11.4 Å². The molecule has 1 rings (SSSR count). The molecule has 0 amide bonds. The van der Waals surface area contributed by atoms with Crippen LogP contribution in [0.3, 0.4) is 0 Å². The van der Waals surface area contributed by atoms with Gasteiger partial charge in [0.25, 0.3) is 10.2 Å². The molecule has 0 aromatic heterocycles. The van der Waals surface area contributed by atoms with Crippen LogP contribution in [0.25, 0.3) is 0 Å². The van der Waals surface area contributed by atoms with E-state index in [1.807, 2.05) is 0 Å². The summed E-state index contributed by atoms with van der Waals surface area (Å²) in [5, 5.41) is 0. The molecule has 0 fully saturated rings. The first-order chi connectivity index (χ1) is 7.94. The second kappa shape index (κ2) is 6.20. The standard InChI is InChI=1S/C9H14BrN3O3S/c1-16-5-4-12-17(14,15)13-9-3-2-7(11)6-8(9)10/h2-3,6,12-13H,4-5,11H2,1H3. The van der Waals surface area contributed by atoms with E-state index in [1.54, 1.807) is 18.2 Å². The van der Waals surface area contributed by atoms with Crippen LogP contribution in [0.2, 0.25) is 0 Å². The molecule has 1 aromatic rings. The van der Waals surface area contributed by atoms with Crippen LogP contribution in [0.1, 0.15) is 0 Å². The molecule has 1 aromatic carbocycles. The van der Waals surface area contributed by atoms with Gasteiger partial charge in [0.15, 0.2) is 0 Å². The predicted octanol–water partition coefficient (Wildman–Crippen LogP) is 0.924. The Hall–Kier alpha value is -0.830. The summed E-state index contributed by atoms with van der Waals surface area (Å²) in [6, 6.07) is 4.81. The smallest absolute Gasteiger partial charge is 0.299 e. The van der Waals surface area contributed by atoms with Crippen molar-refractivity contribution in [1.29, 1.82) is 0 Å². The van der Waals surface area contributed by atoms with Gasteiger partial charge in [-0.1, -0.05) is 0 Å². The molecule has 0 atom stereocenters. The zero-order valence-electron chi connectivity index (χ0n) is 9.23. The van der Waals surface area contributed by atoms with Crippen molar-refractivity contribution in [3.63, 3.8) is 0 Å². The predicted molar refractivity (Wildman–Crippen MR) is 71.0 cm³/mol. The van der Waals surface area contributed by atoms with E-state index in [2.05, 4.69) is 25.4 Å². The zero-order valence-corrected chi connectivity index (χ0v) is 11.6. The number of hydrogen-bond acceptors (Lipinski definition) is 4. The second-order valence-corrected chi connectivity index (χ2v) is 5.59. The van der Waals surface area contributed by atoms with Gasteiger partial charge in [-0.2, -0.15) is 13.1 Å². The molecule has 0 aliphatic carbocycles. The minimum Gasteiger partial charge on any atom is -0.399 e. The Labute approximate surface area is 109 Å². The maximum atomic E-state index is 11.6. The molecule has 0 heterocycles. The van der Waals surface area contributed by atoms with E-state index in [-0.39, 0.29) is 6.54 Å². The number of nitrogen functional groups attached to an aromatic ring is 1. The van der Waals surface area contributed by atoms with Crippen molar-refractivity contribution < 1.29 is 13.2 Å². The number of rotatable bonds is 6. The Bertz CT molecular complexity index is 478. The minimum atomic E-state index is -3.59. The number of benzene rings is 1. The third-order valence-corrected chi connectivity index (χ3v) is 3.56. The number of nitrogens with two attached hydrogens (primary N) is 1. The summed E-state index contributed by atoms with van der Waals surface area (Å²) in [4.78, 5) is 0. The highest BCUT2D eigenvalue weighted by atomic mass is 79.9. The van der Waals surface area contributed by atoms with E-state index < -0.39 is 10.2 Å². The molecular formula is C9H14BrN3O3S. The molecule has 0 radical (unpaired) electrons. The second-order valence-electron chi connectivity index (χ2n) is 3.23. The third kappa shape index (κ3) is 4.90. The number of anilines is 2. The van der Waals surface area contributed by atoms with Crippen molar-refractivity contribution in [2.24, 2.45) is 0 Å². The molecular weight excluding hydrogens is 310 g/mol. The first-order valence-electron chi connectivity index (χ1n) is 4.76. The normalized spacial score (nSPS) is 11.4. The van der Waals surface area contributed by atoms with E-state index in [0.29, 0.717) is 22.5 Å². The fourth-order valence-corrected chi connectivity index (χ4v) is 2.59. The lowest BCUT2D eigenvalue weighted by molar-refractivity contribution is 0.204. The molecule has 4 N–H and O–H groups in total. The van der Waals surface area contributed by atoms with Crippen molar-refractivity contribution in [3.8, 4) is 0 Å². The number of hydrogen-bond donors (Lipinski definition) is 3. The van der Waals surface area contributed by atoms with Crippen LogP contribution in [0.5, 0.6) is 0 Å². The van der Waals surface area contributed by atoms with Gasteiger partial charge in [-0.05, 0) is 34.1 Å². The molecule has 0 bridgehead atoms. The molecule has 96 valence electrons. The van der Waals surface area contributed by atoms with Gasteiger partial charge in [0.2, 0.25) is 0 Å². The van der Waals surface area contributed by atoms with Crippen molar-refractivity contribution in [2.45, 2.75) is 0 Å². The van der Waals surface area contributed by atoms with Gasteiger partial charge in [0, 0.05) is 23.8 Å². The lowest BCUT2D eigenvalue weighted by Crippen LogP contribution is -2.32. The van der Waals surface area contributed by atoms with E-state index in [1.165, 1.54) is 7.11 Å². The zero-order chi connectivity index (χ0) is 12.9. The van der Waals surface area contributed by atoms with Crippen molar-refractivity contribution in [3.05, 3.63) is 22.7 Å². The van der Waals surface area contributed by atoms with Gasteiger partial charge in [0.1, 0.15) is 0 Å². The first kappa shape index (κ1) is 14.2. The third-order valence-electron chi connectivity index (χ3n) is 1.84. The molecule has 0 spiro atoms. The fraction of sp³-hybridized carbons (Fsp3) is 0.333. The lowest BCUT2D eigenvalue weighted by Gasteiger charge is -2.10. The maximum absolute atomic E-state index is 11.6. The molecule has 0 aliphatic heterocycles.